The summed E-state index contributed by atoms with van der Waals surface area (Å²) in [5, 5.41) is 11.8. The molecule has 2 nitrogen and oxygen atoms in total. The zero-order valence-electron chi connectivity index (χ0n) is 5.54. The molecule has 0 amide bonds. The molecule has 1 rings (SSSR count). The van der Waals surface area contributed by atoms with Crippen LogP contribution in [-0.2, 0) is 0 Å². The highest BCUT2D eigenvalue weighted by Gasteiger charge is 2.07. The Morgan fingerprint density at radius 3 is 3.00 bits per heavy atom. The number of hydrogen-bond acceptors (Lipinski definition) is 3. The smallest absolute Gasteiger partial charge is 0.0897 e. The summed E-state index contributed by atoms with van der Waals surface area (Å²) in [7, 11) is 0. The van der Waals surface area contributed by atoms with Crippen molar-refractivity contribution in [1.29, 1.82) is 0 Å². The Morgan fingerprint density at radius 1 is 1.90 bits per heavy atom. The maximum absolute atomic E-state index is 8.75. The van der Waals surface area contributed by atoms with Gasteiger partial charge in [-0.25, -0.2) is 4.98 Å². The normalized spacial score (nSPS) is 13.5. The van der Waals surface area contributed by atoms with Crippen molar-refractivity contribution >= 4 is 33.9 Å². The molecular weight excluding hydrogens is 261 g/mol. The van der Waals surface area contributed by atoms with E-state index in [1.165, 1.54) is 0 Å². The maximum Gasteiger partial charge on any atom is 0.0897 e. The molecule has 1 aromatic heterocycles. The minimum atomic E-state index is 0.155. The van der Waals surface area contributed by atoms with E-state index in [0.29, 0.717) is 0 Å². The van der Waals surface area contributed by atoms with Crippen LogP contribution in [0.25, 0.3) is 0 Å². The van der Waals surface area contributed by atoms with Crippen molar-refractivity contribution in [1.82, 2.24) is 4.98 Å². The van der Waals surface area contributed by atoms with Gasteiger partial charge in [0.15, 0.2) is 0 Å². The van der Waals surface area contributed by atoms with E-state index in [0.717, 1.165) is 10.7 Å². The van der Waals surface area contributed by atoms with Gasteiger partial charge < -0.3 is 5.11 Å². The Hall–Kier alpha value is 0.320. The minimum Gasteiger partial charge on any atom is -0.395 e. The molecule has 0 aliphatic rings. The third kappa shape index (κ3) is 1.90. The van der Waals surface area contributed by atoms with Crippen molar-refractivity contribution in [2.24, 2.45) is 0 Å². The first-order valence-electron chi connectivity index (χ1n) is 2.91. The van der Waals surface area contributed by atoms with E-state index in [9.17, 15) is 0 Å². The number of alkyl halides is 1. The lowest BCUT2D eigenvalue weighted by molar-refractivity contribution is 0.299. The fourth-order valence-corrected chi connectivity index (χ4v) is 1.85. The van der Waals surface area contributed by atoms with E-state index in [1.54, 1.807) is 11.3 Å². The summed E-state index contributed by atoms with van der Waals surface area (Å²) in [5.41, 5.74) is 0.991. The van der Waals surface area contributed by atoms with Crippen LogP contribution in [0.4, 0.5) is 0 Å². The van der Waals surface area contributed by atoms with E-state index in [1.807, 2.05) is 12.3 Å². The van der Waals surface area contributed by atoms with Gasteiger partial charge in [-0.15, -0.1) is 11.3 Å². The average molecular weight is 269 g/mol. The van der Waals surface area contributed by atoms with Crippen LogP contribution in [0.1, 0.15) is 14.6 Å². The zero-order chi connectivity index (χ0) is 7.56. The van der Waals surface area contributed by atoms with E-state index in [4.69, 9.17) is 5.11 Å². The van der Waals surface area contributed by atoms with Crippen molar-refractivity contribution in [2.45, 2.75) is 10.8 Å². The molecule has 0 aliphatic carbocycles. The maximum atomic E-state index is 8.75. The molecule has 0 radical (unpaired) electrons. The number of nitrogens with zero attached hydrogens (tertiary/aromatic N) is 1. The molecule has 1 unspecified atom stereocenters. The van der Waals surface area contributed by atoms with Crippen molar-refractivity contribution in [3.63, 3.8) is 0 Å². The summed E-state index contributed by atoms with van der Waals surface area (Å²) in [6.07, 6.45) is 0. The number of aliphatic hydroxyl groups excluding tert-OH is 1. The fraction of sp³-hybridized carbons (Fsp3) is 0.500. The third-order valence-corrected chi connectivity index (χ3v) is 2.94. The monoisotopic (exact) mass is 269 g/mol. The van der Waals surface area contributed by atoms with Gasteiger partial charge in [0, 0.05) is 5.38 Å². The van der Waals surface area contributed by atoms with Crippen molar-refractivity contribution in [3.05, 3.63) is 16.1 Å². The first-order valence-corrected chi connectivity index (χ1v) is 5.03. The van der Waals surface area contributed by atoms with Gasteiger partial charge in [-0.2, -0.15) is 0 Å². The second-order valence-electron chi connectivity index (χ2n) is 1.94. The summed E-state index contributed by atoms with van der Waals surface area (Å²) in [6, 6.07) is 0. The first kappa shape index (κ1) is 8.42. The molecule has 1 atom stereocenters. The van der Waals surface area contributed by atoms with Crippen LogP contribution in [0.5, 0.6) is 0 Å². The molecule has 1 N–H and O–H groups in total. The quantitative estimate of drug-likeness (QED) is 0.657. The number of thiazole rings is 1. The number of aryl methyl sites for hydroxylation is 1. The third-order valence-electron chi connectivity index (χ3n) is 1.12. The van der Waals surface area contributed by atoms with Crippen LogP contribution >= 0.6 is 33.9 Å². The van der Waals surface area contributed by atoms with Crippen LogP contribution < -0.4 is 0 Å². The topological polar surface area (TPSA) is 33.1 Å². The molecule has 0 aromatic carbocycles. The summed E-state index contributed by atoms with van der Waals surface area (Å²) < 4.78 is 0.155. The molecule has 0 fully saturated rings. The predicted molar refractivity (Wildman–Crippen MR) is 50.7 cm³/mol. The van der Waals surface area contributed by atoms with Gasteiger partial charge in [-0.05, 0) is 6.92 Å². The van der Waals surface area contributed by atoms with Crippen LogP contribution in [0, 0.1) is 6.92 Å². The highest BCUT2D eigenvalue weighted by atomic mass is 127. The summed E-state index contributed by atoms with van der Waals surface area (Å²) in [4.78, 5) is 4.23. The van der Waals surface area contributed by atoms with E-state index < -0.39 is 0 Å². The molecule has 4 heteroatoms. The molecule has 0 aliphatic heterocycles. The lowest BCUT2D eigenvalue weighted by Crippen LogP contribution is -1.94. The van der Waals surface area contributed by atoms with E-state index >= 15 is 0 Å². The predicted octanol–water partition coefficient (Wildman–Crippen LogP) is 1.92. The minimum absolute atomic E-state index is 0.155. The van der Waals surface area contributed by atoms with Gasteiger partial charge in [0.1, 0.15) is 0 Å². The van der Waals surface area contributed by atoms with Crippen molar-refractivity contribution in [2.75, 3.05) is 6.61 Å². The second kappa shape index (κ2) is 3.64. The molecule has 0 saturated heterocycles. The zero-order valence-corrected chi connectivity index (χ0v) is 8.52. The highest BCUT2D eigenvalue weighted by Crippen LogP contribution is 2.23. The van der Waals surface area contributed by atoms with Gasteiger partial charge in [0.2, 0.25) is 0 Å². The number of halogens is 1. The van der Waals surface area contributed by atoms with E-state index in [2.05, 4.69) is 27.6 Å². The summed E-state index contributed by atoms with van der Waals surface area (Å²) >= 11 is 3.80. The highest BCUT2D eigenvalue weighted by molar-refractivity contribution is 14.1. The molecule has 0 bridgehead atoms. The second-order valence-corrected chi connectivity index (χ2v) is 4.51. The molecule has 56 valence electrons. The SMILES string of the molecule is Cc1nc(C(I)CO)cs1. The average Bonchev–Trinajstić information content (AvgIpc) is 2.34. The number of rotatable bonds is 2. The first-order chi connectivity index (χ1) is 4.74. The molecule has 1 heterocycles. The van der Waals surface area contributed by atoms with Crippen molar-refractivity contribution in [3.8, 4) is 0 Å². The van der Waals surface area contributed by atoms with Crippen LogP contribution in [0.3, 0.4) is 0 Å². The Morgan fingerprint density at radius 2 is 2.60 bits per heavy atom. The van der Waals surface area contributed by atoms with Crippen LogP contribution in [0.15, 0.2) is 5.38 Å². The van der Waals surface area contributed by atoms with Crippen molar-refractivity contribution < 1.29 is 5.11 Å². The molecule has 0 saturated carbocycles. The molecular formula is C6H8INOS. The molecule has 0 spiro atoms. The van der Waals surface area contributed by atoms with Crippen LogP contribution in [-0.4, -0.2) is 16.7 Å². The fourth-order valence-electron chi connectivity index (χ4n) is 0.618. The van der Waals surface area contributed by atoms with Gasteiger partial charge >= 0.3 is 0 Å². The standard InChI is InChI=1S/C6H8INOS/c1-4-8-6(3-10-4)5(7)2-9/h3,5,9H,2H2,1H3. The Bertz CT molecular complexity index is 213. The number of aromatic nitrogens is 1. The molecule has 10 heavy (non-hydrogen) atoms. The number of aliphatic hydroxyl groups is 1. The summed E-state index contributed by atoms with van der Waals surface area (Å²) in [6.45, 7) is 2.14. The van der Waals surface area contributed by atoms with Gasteiger partial charge in [-0.1, -0.05) is 22.6 Å². The van der Waals surface area contributed by atoms with Gasteiger partial charge in [0.05, 0.1) is 21.2 Å². The lowest BCUT2D eigenvalue weighted by atomic mass is 10.4. The summed E-state index contributed by atoms with van der Waals surface area (Å²) in [5.74, 6) is 0. The lowest BCUT2D eigenvalue weighted by Gasteiger charge is -1.98. The van der Waals surface area contributed by atoms with Gasteiger partial charge in [0.25, 0.3) is 0 Å². The molecule has 1 aromatic rings. The van der Waals surface area contributed by atoms with Crippen LogP contribution in [0.2, 0.25) is 0 Å². The Kier molecular flexibility index (Phi) is 3.06. The Labute approximate surface area is 77.4 Å². The van der Waals surface area contributed by atoms with Gasteiger partial charge in [-0.3, -0.25) is 0 Å². The Balaban J connectivity index is 2.74. The number of hydrogen-bond donors (Lipinski definition) is 1. The van der Waals surface area contributed by atoms with E-state index in [-0.39, 0.29) is 10.5 Å². The largest absolute Gasteiger partial charge is 0.395 e.